The lowest BCUT2D eigenvalue weighted by molar-refractivity contribution is -0.137. The standard InChI is InChI=1S/C18H16Cl2N2O4S/c1-11(18(23)26-17-7-6-12(19)10-14(17)20)22-9-8-13-15(21-27(2,24)25)4-3-5-16(13)22/h3-11,21H,1-2H3. The number of ether oxygens (including phenoxy) is 1. The van der Waals surface area contributed by atoms with Crippen molar-refractivity contribution in [3.8, 4) is 5.75 Å². The third-order valence-corrected chi connectivity index (χ3v) is 5.04. The van der Waals surface area contributed by atoms with Gasteiger partial charge in [-0.3, -0.25) is 4.72 Å². The number of fused-ring (bicyclic) bond motifs is 1. The quantitative estimate of drug-likeness (QED) is 0.481. The molecule has 2 aromatic carbocycles. The Morgan fingerprint density at radius 1 is 1.19 bits per heavy atom. The number of hydrogen-bond acceptors (Lipinski definition) is 4. The number of nitrogens with zero attached hydrogens (tertiary/aromatic N) is 1. The molecular weight excluding hydrogens is 411 g/mol. The minimum atomic E-state index is -3.42. The number of rotatable bonds is 5. The van der Waals surface area contributed by atoms with Crippen LogP contribution in [0.25, 0.3) is 10.9 Å². The van der Waals surface area contributed by atoms with Crippen LogP contribution < -0.4 is 9.46 Å². The van der Waals surface area contributed by atoms with Crippen LogP contribution in [0.2, 0.25) is 10.0 Å². The van der Waals surface area contributed by atoms with E-state index in [1.807, 2.05) is 0 Å². The second-order valence-electron chi connectivity index (χ2n) is 6.01. The maximum Gasteiger partial charge on any atom is 0.334 e. The molecule has 6 nitrogen and oxygen atoms in total. The zero-order valence-electron chi connectivity index (χ0n) is 14.4. The molecule has 0 fully saturated rings. The van der Waals surface area contributed by atoms with Crippen molar-refractivity contribution in [2.45, 2.75) is 13.0 Å². The first-order chi connectivity index (χ1) is 12.7. The van der Waals surface area contributed by atoms with Crippen LogP contribution in [0.3, 0.4) is 0 Å². The molecule has 9 heteroatoms. The van der Waals surface area contributed by atoms with Crippen molar-refractivity contribution in [1.82, 2.24) is 4.57 Å². The van der Waals surface area contributed by atoms with Gasteiger partial charge < -0.3 is 9.30 Å². The third-order valence-electron chi connectivity index (χ3n) is 3.92. The molecule has 1 aromatic heterocycles. The molecule has 0 spiro atoms. The van der Waals surface area contributed by atoms with Crippen molar-refractivity contribution in [2.75, 3.05) is 11.0 Å². The highest BCUT2D eigenvalue weighted by atomic mass is 35.5. The average Bonchev–Trinajstić information content (AvgIpc) is 3.00. The summed E-state index contributed by atoms with van der Waals surface area (Å²) >= 11 is 11.9. The van der Waals surface area contributed by atoms with Crippen molar-refractivity contribution in [3.63, 3.8) is 0 Å². The Labute approximate surface area is 166 Å². The normalized spacial score (nSPS) is 12.7. The van der Waals surface area contributed by atoms with Crippen LogP contribution in [0.1, 0.15) is 13.0 Å². The SMILES string of the molecule is CC(C(=O)Oc1ccc(Cl)cc1Cl)n1ccc2c(NS(C)(=O)=O)cccc21. The van der Waals surface area contributed by atoms with Gasteiger partial charge in [-0.15, -0.1) is 0 Å². The van der Waals surface area contributed by atoms with Crippen LogP contribution >= 0.6 is 23.2 Å². The number of hydrogen-bond donors (Lipinski definition) is 1. The average molecular weight is 427 g/mol. The molecule has 0 aliphatic carbocycles. The number of sulfonamides is 1. The van der Waals surface area contributed by atoms with Gasteiger partial charge in [0.25, 0.3) is 0 Å². The molecule has 0 bridgehead atoms. The molecule has 27 heavy (non-hydrogen) atoms. The molecule has 1 heterocycles. The van der Waals surface area contributed by atoms with Gasteiger partial charge in [0.1, 0.15) is 11.8 Å². The third kappa shape index (κ3) is 4.37. The van der Waals surface area contributed by atoms with E-state index >= 15 is 0 Å². The van der Waals surface area contributed by atoms with Crippen molar-refractivity contribution < 1.29 is 17.9 Å². The molecule has 3 aromatic rings. The van der Waals surface area contributed by atoms with Gasteiger partial charge in [0, 0.05) is 16.6 Å². The highest BCUT2D eigenvalue weighted by Gasteiger charge is 2.21. The van der Waals surface area contributed by atoms with Crippen molar-refractivity contribution in [3.05, 3.63) is 58.7 Å². The van der Waals surface area contributed by atoms with Crippen LogP contribution in [0.5, 0.6) is 5.75 Å². The van der Waals surface area contributed by atoms with Crippen LogP contribution in [0.4, 0.5) is 5.69 Å². The van der Waals surface area contributed by atoms with Crippen LogP contribution in [-0.2, 0) is 14.8 Å². The van der Waals surface area contributed by atoms with E-state index < -0.39 is 22.0 Å². The molecule has 1 atom stereocenters. The van der Waals surface area contributed by atoms with Crippen molar-refractivity contribution in [1.29, 1.82) is 0 Å². The Morgan fingerprint density at radius 3 is 2.59 bits per heavy atom. The van der Waals surface area contributed by atoms with Gasteiger partial charge in [-0.05, 0) is 43.3 Å². The summed E-state index contributed by atoms with van der Waals surface area (Å²) in [5, 5.41) is 1.35. The van der Waals surface area contributed by atoms with Gasteiger partial charge >= 0.3 is 5.97 Å². The van der Waals surface area contributed by atoms with E-state index in [-0.39, 0.29) is 10.8 Å². The Balaban J connectivity index is 1.90. The largest absolute Gasteiger partial charge is 0.423 e. The van der Waals surface area contributed by atoms with Crippen LogP contribution in [-0.4, -0.2) is 25.2 Å². The van der Waals surface area contributed by atoms with Crippen molar-refractivity contribution in [2.24, 2.45) is 0 Å². The summed E-state index contributed by atoms with van der Waals surface area (Å²) in [6.45, 7) is 1.68. The fourth-order valence-corrected chi connectivity index (χ4v) is 3.70. The molecule has 0 aliphatic heterocycles. The zero-order valence-corrected chi connectivity index (χ0v) is 16.8. The summed E-state index contributed by atoms with van der Waals surface area (Å²) < 4.78 is 32.6. The summed E-state index contributed by atoms with van der Waals surface area (Å²) in [7, 11) is -3.42. The molecule has 0 saturated heterocycles. The summed E-state index contributed by atoms with van der Waals surface area (Å²) in [4.78, 5) is 12.6. The lowest BCUT2D eigenvalue weighted by Gasteiger charge is -2.15. The monoisotopic (exact) mass is 426 g/mol. The maximum absolute atomic E-state index is 12.6. The van der Waals surface area contributed by atoms with Gasteiger partial charge in [0.2, 0.25) is 10.0 Å². The lowest BCUT2D eigenvalue weighted by Crippen LogP contribution is -2.21. The van der Waals surface area contributed by atoms with Gasteiger partial charge in [-0.1, -0.05) is 29.3 Å². The second-order valence-corrected chi connectivity index (χ2v) is 8.60. The Bertz CT molecular complexity index is 1130. The number of carbonyl (C=O) groups excluding carboxylic acids is 1. The highest BCUT2D eigenvalue weighted by Crippen LogP contribution is 2.30. The first kappa shape index (κ1) is 19.5. The summed E-state index contributed by atoms with van der Waals surface area (Å²) in [6, 6.07) is 10.8. The Morgan fingerprint density at radius 2 is 1.93 bits per heavy atom. The Hall–Kier alpha value is -2.22. The first-order valence-electron chi connectivity index (χ1n) is 7.90. The number of anilines is 1. The topological polar surface area (TPSA) is 77.4 Å². The van der Waals surface area contributed by atoms with E-state index in [1.54, 1.807) is 48.0 Å². The molecule has 0 amide bonds. The van der Waals surface area contributed by atoms with Crippen molar-refractivity contribution >= 4 is 55.8 Å². The van der Waals surface area contributed by atoms with E-state index in [1.165, 1.54) is 12.1 Å². The Kier molecular flexibility index (Phi) is 5.37. The minimum absolute atomic E-state index is 0.216. The van der Waals surface area contributed by atoms with E-state index in [4.69, 9.17) is 27.9 Å². The number of aromatic nitrogens is 1. The molecule has 0 aliphatic rings. The fraction of sp³-hybridized carbons (Fsp3) is 0.167. The molecule has 0 radical (unpaired) electrons. The molecule has 1 N–H and O–H groups in total. The number of nitrogens with one attached hydrogen (secondary N) is 1. The molecule has 1 unspecified atom stereocenters. The van der Waals surface area contributed by atoms with E-state index in [0.717, 1.165) is 6.26 Å². The van der Waals surface area contributed by atoms with E-state index in [0.29, 0.717) is 21.6 Å². The zero-order chi connectivity index (χ0) is 19.8. The van der Waals surface area contributed by atoms with Gasteiger partial charge in [0.15, 0.2) is 0 Å². The molecule has 142 valence electrons. The molecular formula is C18H16Cl2N2O4S. The van der Waals surface area contributed by atoms with Gasteiger partial charge in [-0.2, -0.15) is 0 Å². The van der Waals surface area contributed by atoms with E-state index in [2.05, 4.69) is 4.72 Å². The number of carbonyl (C=O) groups is 1. The maximum atomic E-state index is 12.6. The van der Waals surface area contributed by atoms with Gasteiger partial charge in [-0.25, -0.2) is 13.2 Å². The summed E-state index contributed by atoms with van der Waals surface area (Å²) in [5.41, 5.74) is 1.13. The predicted octanol–water partition coefficient (Wildman–Crippen LogP) is 4.49. The summed E-state index contributed by atoms with van der Waals surface area (Å²) in [5.74, 6) is -0.299. The number of esters is 1. The second kappa shape index (κ2) is 7.42. The summed E-state index contributed by atoms with van der Waals surface area (Å²) in [6.07, 6.45) is 2.78. The fourth-order valence-electron chi connectivity index (χ4n) is 2.68. The lowest BCUT2D eigenvalue weighted by atomic mass is 10.2. The predicted molar refractivity (Wildman–Crippen MR) is 107 cm³/mol. The highest BCUT2D eigenvalue weighted by molar-refractivity contribution is 7.92. The number of benzene rings is 2. The first-order valence-corrected chi connectivity index (χ1v) is 10.5. The minimum Gasteiger partial charge on any atom is -0.423 e. The number of halogens is 2. The van der Waals surface area contributed by atoms with Crippen LogP contribution in [0.15, 0.2) is 48.7 Å². The smallest absolute Gasteiger partial charge is 0.334 e. The molecule has 3 rings (SSSR count). The molecule has 0 saturated carbocycles. The van der Waals surface area contributed by atoms with Gasteiger partial charge in [0.05, 0.1) is 22.5 Å². The van der Waals surface area contributed by atoms with E-state index in [9.17, 15) is 13.2 Å². The van der Waals surface area contributed by atoms with Crippen LogP contribution in [0, 0.1) is 0 Å².